The molecule has 1 atom stereocenters. The van der Waals surface area contributed by atoms with Crippen LogP contribution in [0.15, 0.2) is 4.99 Å². The minimum Gasteiger partial charge on any atom is -0.370 e. The minimum atomic E-state index is -0.199. The number of likely N-dealkylation sites (tertiary alicyclic amines) is 1. The number of nitrogens with zero attached hydrogens (tertiary/aromatic N) is 2. The Morgan fingerprint density at radius 1 is 1.55 bits per heavy atom. The summed E-state index contributed by atoms with van der Waals surface area (Å²) in [7, 11) is 1.81. The highest BCUT2D eigenvalue weighted by molar-refractivity contribution is 14.0. The quantitative estimate of drug-likeness (QED) is 0.299. The van der Waals surface area contributed by atoms with Gasteiger partial charge in [-0.3, -0.25) is 9.79 Å². The number of hydrogen-bond acceptors (Lipinski definition) is 3. The summed E-state index contributed by atoms with van der Waals surface area (Å²) >= 11 is 1.86. The molecule has 20 heavy (non-hydrogen) atoms. The van der Waals surface area contributed by atoms with Gasteiger partial charge >= 0.3 is 0 Å². The second-order valence-corrected chi connectivity index (χ2v) is 5.93. The van der Waals surface area contributed by atoms with Gasteiger partial charge in [-0.15, -0.1) is 24.0 Å². The van der Waals surface area contributed by atoms with Crippen LogP contribution in [0.4, 0.5) is 0 Å². The summed E-state index contributed by atoms with van der Waals surface area (Å²) in [4.78, 5) is 17.6. The van der Waals surface area contributed by atoms with Crippen LogP contribution in [-0.4, -0.2) is 55.5 Å². The third-order valence-corrected chi connectivity index (χ3v) is 4.03. The van der Waals surface area contributed by atoms with Gasteiger partial charge in [0.15, 0.2) is 5.96 Å². The molecule has 1 saturated heterocycles. The third kappa shape index (κ3) is 7.56. The Morgan fingerprint density at radius 2 is 2.30 bits per heavy atom. The van der Waals surface area contributed by atoms with Gasteiger partial charge in [0.1, 0.15) is 0 Å². The number of amides is 1. The molecular weight excluding hydrogens is 387 g/mol. The molecule has 0 aromatic rings. The van der Waals surface area contributed by atoms with Crippen molar-refractivity contribution in [2.24, 2.45) is 16.6 Å². The van der Waals surface area contributed by atoms with Crippen LogP contribution in [0.2, 0.25) is 0 Å². The molecule has 0 aromatic carbocycles. The van der Waals surface area contributed by atoms with Gasteiger partial charge in [-0.05, 0) is 37.2 Å². The van der Waals surface area contributed by atoms with E-state index in [2.05, 4.69) is 21.5 Å². The Bertz CT molecular complexity index is 315. The zero-order chi connectivity index (χ0) is 14.1. The first-order valence-electron chi connectivity index (χ1n) is 6.90. The highest BCUT2D eigenvalue weighted by atomic mass is 127. The van der Waals surface area contributed by atoms with Crippen LogP contribution in [0.5, 0.6) is 0 Å². The van der Waals surface area contributed by atoms with Crippen molar-refractivity contribution in [2.75, 3.05) is 38.7 Å². The van der Waals surface area contributed by atoms with E-state index in [1.165, 1.54) is 0 Å². The van der Waals surface area contributed by atoms with Crippen molar-refractivity contribution in [3.63, 3.8) is 0 Å². The lowest BCUT2D eigenvalue weighted by atomic mass is 9.95. The zero-order valence-electron chi connectivity index (χ0n) is 12.4. The van der Waals surface area contributed by atoms with Gasteiger partial charge in [0, 0.05) is 33.1 Å². The van der Waals surface area contributed by atoms with Gasteiger partial charge in [-0.25, -0.2) is 0 Å². The van der Waals surface area contributed by atoms with Crippen LogP contribution < -0.4 is 11.1 Å². The first kappa shape index (κ1) is 19.8. The van der Waals surface area contributed by atoms with Crippen molar-refractivity contribution in [1.29, 1.82) is 0 Å². The molecule has 1 unspecified atom stereocenters. The zero-order valence-corrected chi connectivity index (χ0v) is 15.6. The molecule has 5 nitrogen and oxygen atoms in total. The Labute approximate surface area is 143 Å². The van der Waals surface area contributed by atoms with Gasteiger partial charge in [0.2, 0.25) is 5.91 Å². The number of nitrogens with one attached hydrogen (secondary N) is 1. The highest BCUT2D eigenvalue weighted by Crippen LogP contribution is 2.19. The van der Waals surface area contributed by atoms with Crippen molar-refractivity contribution in [1.82, 2.24) is 10.2 Å². The number of halogens is 1. The first-order chi connectivity index (χ1) is 9.17. The average molecular weight is 414 g/mol. The van der Waals surface area contributed by atoms with E-state index in [-0.39, 0.29) is 29.9 Å². The van der Waals surface area contributed by atoms with Crippen LogP contribution in [0, 0.1) is 5.92 Å². The van der Waals surface area contributed by atoms with E-state index < -0.39 is 0 Å². The summed E-state index contributed by atoms with van der Waals surface area (Å²) in [6.07, 6.45) is 5.93. The fourth-order valence-electron chi connectivity index (χ4n) is 2.46. The van der Waals surface area contributed by atoms with Crippen molar-refractivity contribution in [2.45, 2.75) is 25.7 Å². The van der Waals surface area contributed by atoms with Crippen LogP contribution in [0.3, 0.4) is 0 Å². The van der Waals surface area contributed by atoms with E-state index in [1.807, 2.05) is 18.8 Å². The molecule has 7 heteroatoms. The fourth-order valence-corrected chi connectivity index (χ4v) is 2.89. The second-order valence-electron chi connectivity index (χ2n) is 4.95. The predicted octanol–water partition coefficient (Wildman–Crippen LogP) is 1.52. The lowest BCUT2D eigenvalue weighted by Gasteiger charge is -2.34. The Morgan fingerprint density at radius 3 is 2.90 bits per heavy atom. The number of rotatable bonds is 6. The van der Waals surface area contributed by atoms with Crippen molar-refractivity contribution < 1.29 is 4.79 Å². The van der Waals surface area contributed by atoms with Gasteiger partial charge < -0.3 is 16.0 Å². The summed E-state index contributed by atoms with van der Waals surface area (Å²) in [5.41, 5.74) is 5.29. The maximum absolute atomic E-state index is 11.0. The van der Waals surface area contributed by atoms with Crippen molar-refractivity contribution in [3.05, 3.63) is 0 Å². The van der Waals surface area contributed by atoms with E-state index in [0.717, 1.165) is 50.6 Å². The number of carbonyl (C=O) groups is 1. The van der Waals surface area contributed by atoms with Crippen LogP contribution in [0.25, 0.3) is 0 Å². The Balaban J connectivity index is 0.00000361. The molecule has 0 saturated carbocycles. The molecule has 1 aliphatic heterocycles. The van der Waals surface area contributed by atoms with Crippen LogP contribution in [-0.2, 0) is 4.79 Å². The lowest BCUT2D eigenvalue weighted by molar-refractivity contribution is -0.119. The molecule has 1 heterocycles. The van der Waals surface area contributed by atoms with Crippen LogP contribution in [0.1, 0.15) is 25.7 Å². The number of primary amides is 1. The molecule has 1 amide bonds. The maximum atomic E-state index is 11.0. The number of piperidine rings is 1. The second kappa shape index (κ2) is 11.5. The average Bonchev–Trinajstić information content (AvgIpc) is 2.38. The Hall–Kier alpha value is -0.180. The molecule has 0 bridgehead atoms. The van der Waals surface area contributed by atoms with E-state index in [9.17, 15) is 4.79 Å². The minimum absolute atomic E-state index is 0. The standard InChI is InChI=1S/C13H26N4OS.HI/c1-15-13(16-6-4-8-19-2)17-7-3-5-11(10-17)9-12(14)18;/h11H,3-10H2,1-2H3,(H2,14,18)(H,15,16);1H. The number of aliphatic imine (C=N–C) groups is 1. The molecule has 118 valence electrons. The first-order valence-corrected chi connectivity index (χ1v) is 8.29. The SMILES string of the molecule is CN=C(NCCCSC)N1CCCC(CC(N)=O)C1.I. The fraction of sp³-hybridized carbons (Fsp3) is 0.846. The summed E-state index contributed by atoms with van der Waals surface area (Å²) in [5.74, 6) is 2.29. The van der Waals surface area contributed by atoms with E-state index in [4.69, 9.17) is 5.73 Å². The molecule has 1 fully saturated rings. The molecule has 0 radical (unpaired) electrons. The summed E-state index contributed by atoms with van der Waals surface area (Å²) < 4.78 is 0. The smallest absolute Gasteiger partial charge is 0.217 e. The summed E-state index contributed by atoms with van der Waals surface area (Å²) in [6, 6.07) is 0. The third-order valence-electron chi connectivity index (χ3n) is 3.33. The van der Waals surface area contributed by atoms with Gasteiger partial charge in [0.05, 0.1) is 0 Å². The predicted molar refractivity (Wildman–Crippen MR) is 97.9 cm³/mol. The maximum Gasteiger partial charge on any atom is 0.217 e. The molecule has 3 N–H and O–H groups in total. The number of hydrogen-bond donors (Lipinski definition) is 2. The summed E-state index contributed by atoms with van der Waals surface area (Å²) in [6.45, 7) is 2.84. The molecule has 0 aromatic heterocycles. The lowest BCUT2D eigenvalue weighted by Crippen LogP contribution is -2.47. The number of thioether (sulfide) groups is 1. The molecule has 0 spiro atoms. The molecule has 1 rings (SSSR count). The van der Waals surface area contributed by atoms with Gasteiger partial charge in [-0.1, -0.05) is 0 Å². The van der Waals surface area contributed by atoms with Crippen molar-refractivity contribution >= 4 is 47.6 Å². The normalized spacial score (nSPS) is 19.4. The number of carbonyl (C=O) groups excluding carboxylic acids is 1. The van der Waals surface area contributed by atoms with Crippen LogP contribution >= 0.6 is 35.7 Å². The highest BCUT2D eigenvalue weighted by Gasteiger charge is 2.23. The van der Waals surface area contributed by atoms with E-state index >= 15 is 0 Å². The molecular formula is C13H27IN4OS. The van der Waals surface area contributed by atoms with Crippen molar-refractivity contribution in [3.8, 4) is 0 Å². The molecule has 0 aliphatic carbocycles. The monoisotopic (exact) mass is 414 g/mol. The number of nitrogens with two attached hydrogens (primary N) is 1. The number of guanidine groups is 1. The van der Waals surface area contributed by atoms with E-state index in [0.29, 0.717) is 12.3 Å². The van der Waals surface area contributed by atoms with E-state index in [1.54, 1.807) is 0 Å². The van der Waals surface area contributed by atoms with Gasteiger partial charge in [0.25, 0.3) is 0 Å². The Kier molecular flexibility index (Phi) is 11.4. The molecule has 1 aliphatic rings. The van der Waals surface area contributed by atoms with Gasteiger partial charge in [-0.2, -0.15) is 11.8 Å². The largest absolute Gasteiger partial charge is 0.370 e. The topological polar surface area (TPSA) is 70.7 Å². The summed E-state index contributed by atoms with van der Waals surface area (Å²) in [5, 5.41) is 3.39.